The van der Waals surface area contributed by atoms with E-state index >= 15 is 0 Å². The van der Waals surface area contributed by atoms with Crippen LogP contribution >= 0.6 is 11.6 Å². The Balaban J connectivity index is 2.01. The average molecular weight is 449 g/mol. The molecule has 0 N–H and O–H groups in total. The standard InChI is InChI=1S/C23H29ClN2O3S/c1-4-18(3)22-23(27)25(15-19-8-6-5-7-9-19)16-20(14-24)26(22)30(28,29)21-12-10-17(2)11-13-21/h5-13,18,20,22H,4,14-16H2,1-3H3/t18?,20?,22-/m0/s1. The molecule has 0 bridgehead atoms. The number of halogens is 1. The molecule has 1 heterocycles. The molecule has 30 heavy (non-hydrogen) atoms. The summed E-state index contributed by atoms with van der Waals surface area (Å²) < 4.78 is 28.6. The van der Waals surface area contributed by atoms with E-state index in [2.05, 4.69) is 0 Å². The third-order valence-corrected chi connectivity index (χ3v) is 8.11. The van der Waals surface area contributed by atoms with E-state index in [-0.39, 0.29) is 29.1 Å². The van der Waals surface area contributed by atoms with Gasteiger partial charge in [-0.05, 0) is 30.5 Å². The molecule has 2 aromatic carbocycles. The summed E-state index contributed by atoms with van der Waals surface area (Å²) in [5.74, 6) is -0.177. The lowest BCUT2D eigenvalue weighted by Crippen LogP contribution is -2.65. The van der Waals surface area contributed by atoms with Gasteiger partial charge in [-0.15, -0.1) is 11.6 Å². The van der Waals surface area contributed by atoms with Crippen LogP contribution in [0.25, 0.3) is 0 Å². The molecule has 3 rings (SSSR count). The Hall–Kier alpha value is -1.89. The van der Waals surface area contributed by atoms with Gasteiger partial charge in [0.15, 0.2) is 0 Å². The topological polar surface area (TPSA) is 57.7 Å². The summed E-state index contributed by atoms with van der Waals surface area (Å²) in [5, 5.41) is 0. The second-order valence-electron chi connectivity index (χ2n) is 7.99. The van der Waals surface area contributed by atoms with Crippen LogP contribution in [0.5, 0.6) is 0 Å². The van der Waals surface area contributed by atoms with Gasteiger partial charge in [0.05, 0.1) is 10.9 Å². The minimum absolute atomic E-state index is 0.122. The van der Waals surface area contributed by atoms with Gasteiger partial charge in [-0.3, -0.25) is 4.79 Å². The van der Waals surface area contributed by atoms with E-state index in [1.807, 2.05) is 51.1 Å². The SMILES string of the molecule is CCC(C)[C@H]1C(=O)N(Cc2ccccc2)CC(CCl)N1S(=O)(=O)c1ccc(C)cc1. The van der Waals surface area contributed by atoms with E-state index in [0.717, 1.165) is 11.1 Å². The molecule has 0 spiro atoms. The predicted molar refractivity (Wildman–Crippen MR) is 120 cm³/mol. The predicted octanol–water partition coefficient (Wildman–Crippen LogP) is 4.05. The van der Waals surface area contributed by atoms with Crippen molar-refractivity contribution in [3.8, 4) is 0 Å². The second-order valence-corrected chi connectivity index (χ2v) is 10.1. The molecule has 3 atom stereocenters. The van der Waals surface area contributed by atoms with Crippen molar-refractivity contribution in [1.29, 1.82) is 0 Å². The van der Waals surface area contributed by atoms with E-state index in [4.69, 9.17) is 11.6 Å². The van der Waals surface area contributed by atoms with Gasteiger partial charge in [-0.25, -0.2) is 8.42 Å². The minimum Gasteiger partial charge on any atom is -0.335 e. The number of hydrogen-bond donors (Lipinski definition) is 0. The van der Waals surface area contributed by atoms with Gasteiger partial charge in [0, 0.05) is 19.0 Å². The van der Waals surface area contributed by atoms with E-state index in [1.54, 1.807) is 29.2 Å². The smallest absolute Gasteiger partial charge is 0.244 e. The van der Waals surface area contributed by atoms with E-state index in [0.29, 0.717) is 13.0 Å². The molecule has 162 valence electrons. The molecule has 1 aliphatic heterocycles. The zero-order valence-corrected chi connectivity index (χ0v) is 19.2. The van der Waals surface area contributed by atoms with Crippen molar-refractivity contribution in [2.45, 2.75) is 50.7 Å². The van der Waals surface area contributed by atoms with Crippen LogP contribution in [0.1, 0.15) is 31.4 Å². The van der Waals surface area contributed by atoms with Crippen LogP contribution in [0, 0.1) is 12.8 Å². The Kier molecular flexibility index (Phi) is 7.22. The van der Waals surface area contributed by atoms with E-state index in [1.165, 1.54) is 4.31 Å². The molecular formula is C23H29ClN2O3S. The Morgan fingerprint density at radius 2 is 1.73 bits per heavy atom. The Labute approximate surface area is 184 Å². The molecule has 2 aromatic rings. The lowest BCUT2D eigenvalue weighted by atomic mass is 9.94. The highest BCUT2D eigenvalue weighted by Crippen LogP contribution is 2.32. The van der Waals surface area contributed by atoms with Crippen molar-refractivity contribution >= 4 is 27.5 Å². The first-order valence-electron chi connectivity index (χ1n) is 10.3. The Morgan fingerprint density at radius 1 is 1.10 bits per heavy atom. The summed E-state index contributed by atoms with van der Waals surface area (Å²) in [6, 6.07) is 15.2. The normalized spacial score (nSPS) is 21.6. The number of alkyl halides is 1. The number of rotatable bonds is 7. The molecule has 2 unspecified atom stereocenters. The molecular weight excluding hydrogens is 420 g/mol. The number of aryl methyl sites for hydroxylation is 1. The zero-order chi connectivity index (χ0) is 21.9. The first-order valence-corrected chi connectivity index (χ1v) is 12.3. The van der Waals surface area contributed by atoms with Gasteiger partial charge in [0.2, 0.25) is 15.9 Å². The number of piperazine rings is 1. The van der Waals surface area contributed by atoms with Crippen molar-refractivity contribution in [3.05, 3.63) is 65.7 Å². The van der Waals surface area contributed by atoms with Crippen LogP contribution in [0.15, 0.2) is 59.5 Å². The molecule has 0 aromatic heterocycles. The lowest BCUT2D eigenvalue weighted by molar-refractivity contribution is -0.143. The van der Waals surface area contributed by atoms with Crippen LogP contribution in [0.2, 0.25) is 0 Å². The zero-order valence-electron chi connectivity index (χ0n) is 17.7. The van der Waals surface area contributed by atoms with Crippen LogP contribution in [0.3, 0.4) is 0 Å². The van der Waals surface area contributed by atoms with Crippen LogP contribution in [-0.2, 0) is 21.4 Å². The van der Waals surface area contributed by atoms with E-state index < -0.39 is 22.1 Å². The molecule has 5 nitrogen and oxygen atoms in total. The molecule has 7 heteroatoms. The summed E-state index contributed by atoms with van der Waals surface area (Å²) in [5.41, 5.74) is 1.99. The van der Waals surface area contributed by atoms with Crippen molar-refractivity contribution in [2.75, 3.05) is 12.4 Å². The van der Waals surface area contributed by atoms with Gasteiger partial charge >= 0.3 is 0 Å². The molecule has 1 amide bonds. The molecule has 0 saturated carbocycles. The van der Waals surface area contributed by atoms with Gasteiger partial charge in [-0.1, -0.05) is 68.3 Å². The highest BCUT2D eigenvalue weighted by Gasteiger charge is 2.48. The largest absolute Gasteiger partial charge is 0.335 e. The lowest BCUT2D eigenvalue weighted by Gasteiger charge is -2.46. The number of sulfonamides is 1. The van der Waals surface area contributed by atoms with Gasteiger partial charge < -0.3 is 4.90 Å². The Bertz CT molecular complexity index is 964. The maximum Gasteiger partial charge on any atom is 0.244 e. The van der Waals surface area contributed by atoms with Crippen molar-refractivity contribution in [2.24, 2.45) is 5.92 Å². The van der Waals surface area contributed by atoms with Gasteiger partial charge in [-0.2, -0.15) is 4.31 Å². The Morgan fingerprint density at radius 3 is 2.30 bits per heavy atom. The summed E-state index contributed by atoms with van der Waals surface area (Å²) in [4.78, 5) is 15.5. The summed E-state index contributed by atoms with van der Waals surface area (Å²) in [6.07, 6.45) is 0.685. The fraction of sp³-hybridized carbons (Fsp3) is 0.435. The van der Waals surface area contributed by atoms with Crippen molar-refractivity contribution < 1.29 is 13.2 Å². The quantitative estimate of drug-likeness (QED) is 0.600. The third-order valence-electron chi connectivity index (χ3n) is 5.80. The monoisotopic (exact) mass is 448 g/mol. The van der Waals surface area contributed by atoms with Crippen LogP contribution < -0.4 is 0 Å². The number of carbonyl (C=O) groups excluding carboxylic acids is 1. The van der Waals surface area contributed by atoms with Crippen LogP contribution in [-0.4, -0.2) is 48.0 Å². The van der Waals surface area contributed by atoms with E-state index in [9.17, 15) is 13.2 Å². The van der Waals surface area contributed by atoms with Gasteiger partial charge in [0.1, 0.15) is 6.04 Å². The first-order chi connectivity index (χ1) is 14.3. The average Bonchev–Trinajstić information content (AvgIpc) is 2.75. The number of carbonyl (C=O) groups is 1. The molecule has 1 fully saturated rings. The number of amides is 1. The molecule has 0 radical (unpaired) electrons. The number of hydrogen-bond acceptors (Lipinski definition) is 3. The maximum absolute atomic E-state index is 13.6. The summed E-state index contributed by atoms with van der Waals surface area (Å²) in [6.45, 7) is 6.53. The fourth-order valence-electron chi connectivity index (χ4n) is 3.91. The number of nitrogens with zero attached hydrogens (tertiary/aromatic N) is 2. The van der Waals surface area contributed by atoms with Gasteiger partial charge in [0.25, 0.3) is 0 Å². The highest BCUT2D eigenvalue weighted by molar-refractivity contribution is 7.89. The summed E-state index contributed by atoms with van der Waals surface area (Å²) >= 11 is 6.28. The minimum atomic E-state index is -3.87. The molecule has 1 saturated heterocycles. The molecule has 0 aliphatic carbocycles. The maximum atomic E-state index is 13.6. The third kappa shape index (κ3) is 4.56. The van der Waals surface area contributed by atoms with Crippen molar-refractivity contribution in [3.63, 3.8) is 0 Å². The number of benzene rings is 2. The fourth-order valence-corrected chi connectivity index (χ4v) is 6.09. The first kappa shape index (κ1) is 22.8. The second kappa shape index (κ2) is 9.50. The molecule has 1 aliphatic rings. The summed E-state index contributed by atoms with van der Waals surface area (Å²) in [7, 11) is -3.87. The van der Waals surface area contributed by atoms with Crippen LogP contribution in [0.4, 0.5) is 0 Å². The van der Waals surface area contributed by atoms with Crippen molar-refractivity contribution in [1.82, 2.24) is 9.21 Å². The highest BCUT2D eigenvalue weighted by atomic mass is 35.5.